The summed E-state index contributed by atoms with van der Waals surface area (Å²) < 4.78 is 0. The van der Waals surface area contributed by atoms with E-state index in [0.717, 1.165) is 20.0 Å². The Labute approximate surface area is 66.8 Å². The first-order valence-corrected chi connectivity index (χ1v) is 3.45. The van der Waals surface area contributed by atoms with Gasteiger partial charge in [-0.25, -0.2) is 0 Å². The molecule has 0 saturated carbocycles. The van der Waals surface area contributed by atoms with Crippen molar-refractivity contribution in [2.45, 2.75) is 6.92 Å². The third kappa shape index (κ3) is 45.0. The fraction of sp³-hybridized carbons (Fsp3) is 0.833. The minimum absolute atomic E-state index is 0.694. The fourth-order valence-corrected chi connectivity index (χ4v) is 0.329. The van der Waals surface area contributed by atoms with Crippen LogP contribution in [-0.2, 0) is 4.79 Å². The van der Waals surface area contributed by atoms with Crippen LogP contribution in [0.15, 0.2) is 0 Å². The number of nitrogens with two attached hydrogens (primary N) is 2. The first kappa shape index (κ1) is 13.0. The van der Waals surface area contributed by atoms with Crippen LogP contribution in [-0.4, -0.2) is 37.3 Å². The maximum absolute atomic E-state index is 9.00. The summed E-state index contributed by atoms with van der Waals surface area (Å²) in [5.74, 6) is -0.833. The maximum Gasteiger partial charge on any atom is 0.300 e. The van der Waals surface area contributed by atoms with Crippen LogP contribution in [0, 0.1) is 0 Å². The van der Waals surface area contributed by atoms with Crippen molar-refractivity contribution in [3.8, 4) is 0 Å². The Morgan fingerprint density at radius 2 is 1.64 bits per heavy atom. The highest BCUT2D eigenvalue weighted by Gasteiger charge is 1.76. The first-order chi connectivity index (χ1) is 5.15. The van der Waals surface area contributed by atoms with Crippen LogP contribution in [0.5, 0.6) is 0 Å². The molecule has 5 heteroatoms. The summed E-state index contributed by atoms with van der Waals surface area (Å²) in [6.45, 7) is 4.22. The lowest BCUT2D eigenvalue weighted by molar-refractivity contribution is -0.134. The Kier molecular flexibility index (Phi) is 14.2. The summed E-state index contributed by atoms with van der Waals surface area (Å²) in [7, 11) is 0. The normalized spacial score (nSPS) is 8.27. The van der Waals surface area contributed by atoms with Gasteiger partial charge in [0.05, 0.1) is 0 Å². The topological polar surface area (TPSA) is 101 Å². The molecule has 0 rings (SSSR count). The molecule has 68 valence electrons. The summed E-state index contributed by atoms with van der Waals surface area (Å²) in [6, 6.07) is 0. The second kappa shape index (κ2) is 12.1. The molecule has 0 heterocycles. The minimum Gasteiger partial charge on any atom is -0.481 e. The third-order valence-corrected chi connectivity index (χ3v) is 0.642. The zero-order valence-corrected chi connectivity index (χ0v) is 6.84. The predicted octanol–water partition coefficient (Wildman–Crippen LogP) is -1.42. The summed E-state index contributed by atoms with van der Waals surface area (Å²) in [6.07, 6.45) is 0. The molecule has 0 radical (unpaired) electrons. The third-order valence-electron chi connectivity index (χ3n) is 0.642. The number of carboxylic acids is 1. The lowest BCUT2D eigenvalue weighted by atomic mass is 10.6. The number of carboxylic acid groups (broad SMARTS) is 1. The van der Waals surface area contributed by atoms with E-state index < -0.39 is 5.97 Å². The lowest BCUT2D eigenvalue weighted by Gasteiger charge is -1.95. The minimum atomic E-state index is -0.833. The van der Waals surface area contributed by atoms with Gasteiger partial charge in [-0.1, -0.05) is 0 Å². The molecular formula is C6H17N3O2. The van der Waals surface area contributed by atoms with E-state index in [9.17, 15) is 0 Å². The highest BCUT2D eigenvalue weighted by Crippen LogP contribution is 1.49. The van der Waals surface area contributed by atoms with Crippen molar-refractivity contribution in [1.29, 1.82) is 0 Å². The molecule has 11 heavy (non-hydrogen) atoms. The van der Waals surface area contributed by atoms with E-state index in [2.05, 4.69) is 5.32 Å². The van der Waals surface area contributed by atoms with Gasteiger partial charge < -0.3 is 21.9 Å². The average molecular weight is 163 g/mol. The smallest absolute Gasteiger partial charge is 0.300 e. The Morgan fingerprint density at radius 1 is 1.36 bits per heavy atom. The van der Waals surface area contributed by atoms with Gasteiger partial charge in [-0.2, -0.15) is 0 Å². The Morgan fingerprint density at radius 3 is 1.82 bits per heavy atom. The Balaban J connectivity index is 0. The van der Waals surface area contributed by atoms with E-state index in [4.69, 9.17) is 21.4 Å². The van der Waals surface area contributed by atoms with Crippen LogP contribution in [0.3, 0.4) is 0 Å². The summed E-state index contributed by atoms with van der Waals surface area (Å²) in [5, 5.41) is 10.5. The second-order valence-electron chi connectivity index (χ2n) is 1.85. The number of carbonyl (C=O) groups is 1. The molecular weight excluding hydrogens is 146 g/mol. The number of rotatable bonds is 4. The molecule has 0 aliphatic heterocycles. The molecule has 0 amide bonds. The van der Waals surface area contributed by atoms with E-state index in [1.54, 1.807) is 0 Å². The van der Waals surface area contributed by atoms with Crippen LogP contribution in [0.1, 0.15) is 6.92 Å². The molecule has 0 aromatic heterocycles. The number of hydrogen-bond acceptors (Lipinski definition) is 4. The maximum atomic E-state index is 9.00. The number of hydrogen-bond donors (Lipinski definition) is 4. The van der Waals surface area contributed by atoms with E-state index in [1.165, 1.54) is 0 Å². The summed E-state index contributed by atoms with van der Waals surface area (Å²) in [4.78, 5) is 9.00. The van der Waals surface area contributed by atoms with Gasteiger partial charge >= 0.3 is 0 Å². The SMILES string of the molecule is CC(=O)O.NCCNCCN. The number of aliphatic carboxylic acids is 1. The van der Waals surface area contributed by atoms with Crippen molar-refractivity contribution in [1.82, 2.24) is 5.32 Å². The molecule has 0 bridgehead atoms. The van der Waals surface area contributed by atoms with Crippen molar-refractivity contribution >= 4 is 5.97 Å². The van der Waals surface area contributed by atoms with E-state index in [1.807, 2.05) is 0 Å². The van der Waals surface area contributed by atoms with Crippen molar-refractivity contribution in [3.05, 3.63) is 0 Å². The first-order valence-electron chi connectivity index (χ1n) is 3.45. The summed E-state index contributed by atoms with van der Waals surface area (Å²) >= 11 is 0. The van der Waals surface area contributed by atoms with Gasteiger partial charge in [-0.15, -0.1) is 0 Å². The Hall–Kier alpha value is -0.650. The van der Waals surface area contributed by atoms with Crippen molar-refractivity contribution in [2.75, 3.05) is 26.2 Å². The summed E-state index contributed by atoms with van der Waals surface area (Å²) in [5.41, 5.74) is 10.3. The zero-order chi connectivity index (χ0) is 9.11. The van der Waals surface area contributed by atoms with Gasteiger partial charge in [-0.05, 0) is 0 Å². The number of nitrogens with one attached hydrogen (secondary N) is 1. The van der Waals surface area contributed by atoms with E-state index in [-0.39, 0.29) is 0 Å². The van der Waals surface area contributed by atoms with E-state index in [0.29, 0.717) is 13.1 Å². The van der Waals surface area contributed by atoms with Crippen molar-refractivity contribution in [2.24, 2.45) is 11.5 Å². The monoisotopic (exact) mass is 163 g/mol. The molecule has 0 unspecified atom stereocenters. The van der Waals surface area contributed by atoms with Crippen LogP contribution in [0.2, 0.25) is 0 Å². The predicted molar refractivity (Wildman–Crippen MR) is 44.3 cm³/mol. The molecule has 6 N–H and O–H groups in total. The van der Waals surface area contributed by atoms with Crippen molar-refractivity contribution in [3.63, 3.8) is 0 Å². The molecule has 0 aromatic rings. The van der Waals surface area contributed by atoms with Gasteiger partial charge in [-0.3, -0.25) is 4.79 Å². The highest BCUT2D eigenvalue weighted by molar-refractivity contribution is 5.62. The lowest BCUT2D eigenvalue weighted by Crippen LogP contribution is -2.27. The molecule has 0 atom stereocenters. The molecule has 0 aromatic carbocycles. The van der Waals surface area contributed by atoms with Gasteiger partial charge in [0, 0.05) is 33.1 Å². The zero-order valence-electron chi connectivity index (χ0n) is 6.84. The van der Waals surface area contributed by atoms with E-state index >= 15 is 0 Å². The van der Waals surface area contributed by atoms with Crippen LogP contribution >= 0.6 is 0 Å². The average Bonchev–Trinajstić information content (AvgIpc) is 1.88. The largest absolute Gasteiger partial charge is 0.481 e. The molecule has 5 nitrogen and oxygen atoms in total. The second-order valence-corrected chi connectivity index (χ2v) is 1.85. The van der Waals surface area contributed by atoms with Crippen LogP contribution in [0.25, 0.3) is 0 Å². The highest BCUT2D eigenvalue weighted by atomic mass is 16.4. The van der Waals surface area contributed by atoms with Crippen LogP contribution < -0.4 is 16.8 Å². The standard InChI is InChI=1S/C4H13N3.C2H4O2/c5-1-3-7-4-2-6;1-2(3)4/h7H,1-6H2;1H3,(H,3,4). The molecule has 0 saturated heterocycles. The van der Waals surface area contributed by atoms with Crippen LogP contribution in [0.4, 0.5) is 0 Å². The quantitative estimate of drug-likeness (QED) is 0.381. The Bertz CT molecular complexity index is 79.9. The molecule has 0 spiro atoms. The van der Waals surface area contributed by atoms with Gasteiger partial charge in [0.15, 0.2) is 0 Å². The molecule has 0 fully saturated rings. The van der Waals surface area contributed by atoms with Gasteiger partial charge in [0.2, 0.25) is 0 Å². The van der Waals surface area contributed by atoms with Gasteiger partial charge in [0.1, 0.15) is 0 Å². The molecule has 0 aliphatic rings. The fourth-order valence-electron chi connectivity index (χ4n) is 0.329. The van der Waals surface area contributed by atoms with Crippen molar-refractivity contribution < 1.29 is 9.90 Å². The molecule has 0 aliphatic carbocycles. The van der Waals surface area contributed by atoms with Gasteiger partial charge in [0.25, 0.3) is 5.97 Å².